The molecule has 3 amide bonds. The maximum absolute atomic E-state index is 12.2. The number of esters is 1. The first kappa shape index (κ1) is 18.8. The molecule has 1 atom stereocenters. The molecule has 25 heavy (non-hydrogen) atoms. The average Bonchev–Trinajstić information content (AvgIpc) is 2.62. The van der Waals surface area contributed by atoms with E-state index in [4.69, 9.17) is 4.74 Å². The summed E-state index contributed by atoms with van der Waals surface area (Å²) < 4.78 is 4.77. The van der Waals surface area contributed by atoms with Crippen molar-refractivity contribution in [2.75, 3.05) is 32.1 Å². The van der Waals surface area contributed by atoms with Gasteiger partial charge in [-0.2, -0.15) is 0 Å². The monoisotopic (exact) mass is 347 g/mol. The molecule has 0 aromatic heterocycles. The van der Waals surface area contributed by atoms with Gasteiger partial charge in [0.15, 0.2) is 0 Å². The van der Waals surface area contributed by atoms with Gasteiger partial charge in [-0.25, -0.2) is 4.79 Å². The van der Waals surface area contributed by atoms with Crippen LogP contribution in [0.3, 0.4) is 0 Å². The summed E-state index contributed by atoms with van der Waals surface area (Å²) in [5, 5.41) is 5.60. The van der Waals surface area contributed by atoms with Crippen LogP contribution in [-0.2, 0) is 20.7 Å². The minimum absolute atomic E-state index is 0.105. The van der Waals surface area contributed by atoms with Crippen molar-refractivity contribution < 1.29 is 19.1 Å². The van der Waals surface area contributed by atoms with Crippen LogP contribution >= 0.6 is 0 Å². The van der Waals surface area contributed by atoms with Crippen LogP contribution in [-0.4, -0.2) is 49.6 Å². The normalized spacial score (nSPS) is 16.9. The number of likely N-dealkylation sites (tertiary alicyclic amines) is 1. The smallest absolute Gasteiger partial charge is 0.317 e. The summed E-state index contributed by atoms with van der Waals surface area (Å²) >= 11 is 0. The Kier molecular flexibility index (Phi) is 6.80. The van der Waals surface area contributed by atoms with E-state index < -0.39 is 0 Å². The number of carbonyl (C=O) groups is 3. The third-order valence-corrected chi connectivity index (χ3v) is 4.21. The van der Waals surface area contributed by atoms with Crippen molar-refractivity contribution in [1.29, 1.82) is 0 Å². The van der Waals surface area contributed by atoms with Gasteiger partial charge < -0.3 is 20.3 Å². The number of methoxy groups -OCH3 is 1. The SMILES string of the molecule is COC(=O)[C@H]1CCCN(C(=O)NCCc2ccc(NC(C)=O)cc2)C1. The second kappa shape index (κ2) is 9.05. The Morgan fingerprint density at radius 2 is 1.96 bits per heavy atom. The van der Waals surface area contributed by atoms with Crippen molar-refractivity contribution in [1.82, 2.24) is 10.2 Å². The summed E-state index contributed by atoms with van der Waals surface area (Å²) in [5.41, 5.74) is 1.82. The van der Waals surface area contributed by atoms with E-state index >= 15 is 0 Å². The molecule has 136 valence electrons. The molecule has 1 aromatic rings. The average molecular weight is 347 g/mol. The molecule has 0 radical (unpaired) electrons. The fourth-order valence-corrected chi connectivity index (χ4v) is 2.90. The maximum Gasteiger partial charge on any atom is 0.317 e. The van der Waals surface area contributed by atoms with Gasteiger partial charge in [0.25, 0.3) is 0 Å². The van der Waals surface area contributed by atoms with E-state index in [0.717, 1.165) is 24.1 Å². The van der Waals surface area contributed by atoms with E-state index in [0.29, 0.717) is 26.1 Å². The van der Waals surface area contributed by atoms with Crippen LogP contribution in [0, 0.1) is 5.92 Å². The summed E-state index contributed by atoms with van der Waals surface area (Å²) in [5.74, 6) is -0.589. The van der Waals surface area contributed by atoms with E-state index in [1.54, 1.807) is 4.90 Å². The van der Waals surface area contributed by atoms with Crippen molar-refractivity contribution >= 4 is 23.6 Å². The Morgan fingerprint density at radius 3 is 2.60 bits per heavy atom. The molecule has 1 fully saturated rings. The van der Waals surface area contributed by atoms with Crippen LogP contribution in [0.2, 0.25) is 0 Å². The molecule has 1 aromatic carbocycles. The highest BCUT2D eigenvalue weighted by molar-refractivity contribution is 5.88. The molecule has 0 spiro atoms. The number of hydrogen-bond acceptors (Lipinski definition) is 4. The lowest BCUT2D eigenvalue weighted by molar-refractivity contribution is -0.146. The number of carbonyl (C=O) groups excluding carboxylic acids is 3. The Morgan fingerprint density at radius 1 is 1.24 bits per heavy atom. The van der Waals surface area contributed by atoms with Gasteiger partial charge in [0.05, 0.1) is 13.0 Å². The molecule has 1 saturated heterocycles. The molecule has 0 aliphatic carbocycles. The number of nitrogens with one attached hydrogen (secondary N) is 2. The third-order valence-electron chi connectivity index (χ3n) is 4.21. The molecule has 0 unspecified atom stereocenters. The Balaban J connectivity index is 1.76. The summed E-state index contributed by atoms with van der Waals surface area (Å²) in [4.78, 5) is 36.5. The second-order valence-electron chi connectivity index (χ2n) is 6.17. The van der Waals surface area contributed by atoms with Crippen molar-refractivity contribution in [2.24, 2.45) is 5.92 Å². The zero-order chi connectivity index (χ0) is 18.2. The van der Waals surface area contributed by atoms with Crippen molar-refractivity contribution in [3.63, 3.8) is 0 Å². The van der Waals surface area contributed by atoms with Gasteiger partial charge in [0, 0.05) is 32.2 Å². The van der Waals surface area contributed by atoms with Crippen LogP contribution in [0.5, 0.6) is 0 Å². The molecule has 0 bridgehead atoms. The zero-order valence-corrected chi connectivity index (χ0v) is 14.7. The number of ether oxygens (including phenoxy) is 1. The largest absolute Gasteiger partial charge is 0.469 e. The molecular weight excluding hydrogens is 322 g/mol. The molecule has 2 N–H and O–H groups in total. The Labute approximate surface area is 147 Å². The van der Waals surface area contributed by atoms with Gasteiger partial charge in [0.2, 0.25) is 5.91 Å². The third kappa shape index (κ3) is 5.77. The predicted molar refractivity (Wildman–Crippen MR) is 94.2 cm³/mol. The predicted octanol–water partition coefficient (Wildman–Crippen LogP) is 1.78. The van der Waals surface area contributed by atoms with Gasteiger partial charge in [-0.3, -0.25) is 9.59 Å². The first-order valence-electron chi connectivity index (χ1n) is 8.46. The first-order valence-corrected chi connectivity index (χ1v) is 8.46. The second-order valence-corrected chi connectivity index (χ2v) is 6.17. The highest BCUT2D eigenvalue weighted by atomic mass is 16.5. The summed E-state index contributed by atoms with van der Waals surface area (Å²) in [6, 6.07) is 7.37. The lowest BCUT2D eigenvalue weighted by Gasteiger charge is -2.31. The maximum atomic E-state index is 12.2. The minimum Gasteiger partial charge on any atom is -0.469 e. The number of benzene rings is 1. The molecule has 1 aliphatic rings. The van der Waals surface area contributed by atoms with Crippen LogP contribution < -0.4 is 10.6 Å². The fraction of sp³-hybridized carbons (Fsp3) is 0.500. The van der Waals surface area contributed by atoms with Gasteiger partial charge in [-0.1, -0.05) is 12.1 Å². The minimum atomic E-state index is -0.253. The van der Waals surface area contributed by atoms with Gasteiger partial charge in [-0.15, -0.1) is 0 Å². The standard InChI is InChI=1S/C18H25N3O4/c1-13(22)20-16-7-5-14(6-8-16)9-10-19-18(24)21-11-3-4-15(12-21)17(23)25-2/h5-8,15H,3-4,9-12H2,1-2H3,(H,19,24)(H,20,22)/t15-/m0/s1. The first-order chi connectivity index (χ1) is 12.0. The molecule has 0 saturated carbocycles. The van der Waals surface area contributed by atoms with E-state index in [1.807, 2.05) is 24.3 Å². The van der Waals surface area contributed by atoms with Crippen LogP contribution in [0.4, 0.5) is 10.5 Å². The van der Waals surface area contributed by atoms with E-state index in [2.05, 4.69) is 10.6 Å². The quantitative estimate of drug-likeness (QED) is 0.795. The fourth-order valence-electron chi connectivity index (χ4n) is 2.90. The van der Waals surface area contributed by atoms with E-state index in [-0.39, 0.29) is 23.8 Å². The summed E-state index contributed by atoms with van der Waals surface area (Å²) in [7, 11) is 1.37. The van der Waals surface area contributed by atoms with Gasteiger partial charge >= 0.3 is 12.0 Å². The van der Waals surface area contributed by atoms with Crippen molar-refractivity contribution in [2.45, 2.75) is 26.2 Å². The number of piperidine rings is 1. The summed E-state index contributed by atoms with van der Waals surface area (Å²) in [6.45, 7) is 3.04. The van der Waals surface area contributed by atoms with Crippen molar-refractivity contribution in [3.05, 3.63) is 29.8 Å². The molecule has 1 heterocycles. The number of nitrogens with zero attached hydrogens (tertiary/aromatic N) is 1. The van der Waals surface area contributed by atoms with Crippen molar-refractivity contribution in [3.8, 4) is 0 Å². The lowest BCUT2D eigenvalue weighted by Crippen LogP contribution is -2.47. The number of anilines is 1. The molecular formula is C18H25N3O4. The number of rotatable bonds is 5. The van der Waals surface area contributed by atoms with Crippen LogP contribution in [0.1, 0.15) is 25.3 Å². The molecule has 1 aliphatic heterocycles. The van der Waals surface area contributed by atoms with Gasteiger partial charge in [-0.05, 0) is 37.0 Å². The zero-order valence-electron chi connectivity index (χ0n) is 14.7. The number of amides is 3. The molecule has 7 heteroatoms. The molecule has 7 nitrogen and oxygen atoms in total. The topological polar surface area (TPSA) is 87.7 Å². The van der Waals surface area contributed by atoms with Crippen LogP contribution in [0.25, 0.3) is 0 Å². The Hall–Kier alpha value is -2.57. The number of urea groups is 1. The highest BCUT2D eigenvalue weighted by Crippen LogP contribution is 2.17. The number of hydrogen-bond donors (Lipinski definition) is 2. The van der Waals surface area contributed by atoms with E-state index in [9.17, 15) is 14.4 Å². The summed E-state index contributed by atoms with van der Waals surface area (Å²) in [6.07, 6.45) is 2.26. The van der Waals surface area contributed by atoms with Crippen LogP contribution in [0.15, 0.2) is 24.3 Å². The van der Waals surface area contributed by atoms with Gasteiger partial charge in [0.1, 0.15) is 0 Å². The highest BCUT2D eigenvalue weighted by Gasteiger charge is 2.28. The van der Waals surface area contributed by atoms with E-state index in [1.165, 1.54) is 14.0 Å². The molecule has 2 rings (SSSR count). The Bertz CT molecular complexity index is 615. The lowest BCUT2D eigenvalue weighted by atomic mass is 9.98.